The van der Waals surface area contributed by atoms with E-state index in [1.807, 2.05) is 83.9 Å². The summed E-state index contributed by atoms with van der Waals surface area (Å²) in [7, 11) is 0. The van der Waals surface area contributed by atoms with Crippen molar-refractivity contribution < 1.29 is 9.59 Å². The summed E-state index contributed by atoms with van der Waals surface area (Å²) in [6, 6.07) is 27.1. The number of carbonyl (C=O) groups is 2. The lowest BCUT2D eigenvalue weighted by Crippen LogP contribution is -2.52. The van der Waals surface area contributed by atoms with Crippen molar-refractivity contribution in [3.05, 3.63) is 142 Å². The number of benzene rings is 3. The van der Waals surface area contributed by atoms with Gasteiger partial charge in [-0.1, -0.05) is 78.9 Å². The zero-order valence-corrected chi connectivity index (χ0v) is 25.4. The second-order valence-electron chi connectivity index (χ2n) is 10.8. The fraction of sp³-hybridized carbons (Fsp3) is 0.194. The summed E-state index contributed by atoms with van der Waals surface area (Å²) >= 11 is 1.53. The lowest BCUT2D eigenvalue weighted by Gasteiger charge is -2.36. The number of aromatic nitrogens is 3. The maximum Gasteiger partial charge on any atom is 0.247 e. The van der Waals surface area contributed by atoms with Crippen LogP contribution in [0.3, 0.4) is 0 Å². The van der Waals surface area contributed by atoms with Crippen LogP contribution < -0.4 is 0 Å². The Morgan fingerprint density at radius 1 is 0.909 bits per heavy atom. The van der Waals surface area contributed by atoms with E-state index in [4.69, 9.17) is 0 Å². The van der Waals surface area contributed by atoms with Crippen molar-refractivity contribution in [2.45, 2.75) is 38.9 Å². The topological polar surface area (TPSA) is 79.3 Å². The number of hydrogen-bond donors (Lipinski definition) is 0. The van der Waals surface area contributed by atoms with Gasteiger partial charge in [-0.25, -0.2) is 15.0 Å². The molecule has 0 saturated carbocycles. The number of hydrogen-bond acceptors (Lipinski definition) is 6. The quantitative estimate of drug-likeness (QED) is 0.190. The molecule has 2 amide bonds. The van der Waals surface area contributed by atoms with Crippen LogP contribution in [0.1, 0.15) is 33.0 Å². The smallest absolute Gasteiger partial charge is 0.247 e. The minimum absolute atomic E-state index is 0.0519. The Balaban J connectivity index is 1.34. The highest BCUT2D eigenvalue weighted by Gasteiger charge is 2.34. The number of nitrogens with zero attached hydrogens (tertiary/aromatic N) is 5. The maximum atomic E-state index is 14.4. The molecule has 0 saturated heterocycles. The van der Waals surface area contributed by atoms with Crippen LogP contribution in [0, 0.1) is 6.92 Å². The first-order chi connectivity index (χ1) is 21.5. The van der Waals surface area contributed by atoms with E-state index in [-0.39, 0.29) is 18.4 Å². The average molecular weight is 600 g/mol. The van der Waals surface area contributed by atoms with Gasteiger partial charge in [-0.15, -0.1) is 11.3 Å². The van der Waals surface area contributed by atoms with Crippen molar-refractivity contribution in [3.63, 3.8) is 0 Å². The molecule has 0 N–H and O–H groups in total. The first-order valence-corrected chi connectivity index (χ1v) is 15.6. The van der Waals surface area contributed by atoms with Gasteiger partial charge in [0.1, 0.15) is 6.04 Å². The molecule has 5 aromatic rings. The predicted molar refractivity (Wildman–Crippen MR) is 173 cm³/mol. The fourth-order valence-electron chi connectivity index (χ4n) is 5.52. The van der Waals surface area contributed by atoms with Gasteiger partial charge in [0, 0.05) is 55.5 Å². The summed E-state index contributed by atoms with van der Waals surface area (Å²) in [6.07, 6.45) is 7.90. The molecule has 0 unspecified atom stereocenters. The van der Waals surface area contributed by atoms with Crippen LogP contribution in [0.4, 0.5) is 0 Å². The maximum absolute atomic E-state index is 14.4. The lowest BCUT2D eigenvalue weighted by molar-refractivity contribution is -0.144. The van der Waals surface area contributed by atoms with Crippen LogP contribution in [0.5, 0.6) is 0 Å². The molecule has 8 heteroatoms. The van der Waals surface area contributed by atoms with E-state index >= 15 is 0 Å². The van der Waals surface area contributed by atoms with Crippen LogP contribution in [0.25, 0.3) is 17.5 Å². The number of carbonyl (C=O) groups excluding carboxylic acids is 2. The molecule has 3 heterocycles. The van der Waals surface area contributed by atoms with E-state index in [2.05, 4.69) is 27.1 Å². The molecule has 0 bridgehead atoms. The van der Waals surface area contributed by atoms with E-state index in [0.29, 0.717) is 25.3 Å². The fourth-order valence-corrected chi connectivity index (χ4v) is 6.10. The minimum atomic E-state index is -0.700. The number of thiazole rings is 1. The minimum Gasteiger partial charge on any atom is -0.336 e. The Morgan fingerprint density at radius 2 is 1.64 bits per heavy atom. The second-order valence-corrected chi connectivity index (χ2v) is 11.9. The van der Waals surface area contributed by atoms with E-state index in [1.54, 1.807) is 29.4 Å². The summed E-state index contributed by atoms with van der Waals surface area (Å²) < 4.78 is 0. The highest BCUT2D eigenvalue weighted by molar-refractivity contribution is 7.09. The number of rotatable bonds is 9. The first kappa shape index (κ1) is 29.1. The van der Waals surface area contributed by atoms with Crippen LogP contribution in [-0.4, -0.2) is 49.2 Å². The van der Waals surface area contributed by atoms with Crippen LogP contribution in [-0.2, 0) is 35.5 Å². The normalized spacial score (nSPS) is 13.4. The molecule has 0 radical (unpaired) electrons. The van der Waals surface area contributed by atoms with E-state index in [0.717, 1.165) is 39.4 Å². The van der Waals surface area contributed by atoms with Gasteiger partial charge in [-0.2, -0.15) is 0 Å². The van der Waals surface area contributed by atoms with Crippen molar-refractivity contribution in [1.29, 1.82) is 0 Å². The molecule has 0 aliphatic carbocycles. The zero-order chi connectivity index (χ0) is 30.3. The monoisotopic (exact) mass is 599 g/mol. The van der Waals surface area contributed by atoms with Crippen LogP contribution in [0.15, 0.2) is 109 Å². The summed E-state index contributed by atoms with van der Waals surface area (Å²) in [4.78, 5) is 45.3. The molecule has 220 valence electrons. The Kier molecular flexibility index (Phi) is 8.98. The third-order valence-corrected chi connectivity index (χ3v) is 8.61. The molecular formula is C36H33N5O2S. The number of fused-ring (bicyclic) bond motifs is 1. The van der Waals surface area contributed by atoms with Gasteiger partial charge >= 0.3 is 0 Å². The van der Waals surface area contributed by atoms with Crippen molar-refractivity contribution in [2.24, 2.45) is 0 Å². The highest BCUT2D eigenvalue weighted by Crippen LogP contribution is 2.24. The Morgan fingerprint density at radius 3 is 2.36 bits per heavy atom. The molecule has 1 aliphatic heterocycles. The Hall–Kier alpha value is -4.95. The molecular weight excluding hydrogens is 566 g/mol. The molecule has 44 heavy (non-hydrogen) atoms. The van der Waals surface area contributed by atoms with Gasteiger partial charge in [0.25, 0.3) is 0 Å². The lowest BCUT2D eigenvalue weighted by atomic mass is 9.97. The SMILES string of the molecule is Cc1nc(/C=C/C(=O)N(Cc2ccc(-c3ncccn3)cc2)[C@@H](Cc2ccccc2)C(=O)N2CCc3ccccc3C2)cs1. The average Bonchev–Trinajstić information content (AvgIpc) is 3.50. The van der Waals surface area contributed by atoms with Gasteiger partial charge in [-0.3, -0.25) is 9.59 Å². The summed E-state index contributed by atoms with van der Waals surface area (Å²) in [5.41, 5.74) is 5.94. The molecule has 3 aromatic carbocycles. The van der Waals surface area contributed by atoms with Crippen LogP contribution in [0.2, 0.25) is 0 Å². The largest absolute Gasteiger partial charge is 0.336 e. The Labute approximate surface area is 261 Å². The zero-order valence-electron chi connectivity index (χ0n) is 24.5. The first-order valence-electron chi connectivity index (χ1n) is 14.7. The van der Waals surface area contributed by atoms with Gasteiger partial charge < -0.3 is 9.80 Å². The van der Waals surface area contributed by atoms with Crippen molar-refractivity contribution in [3.8, 4) is 11.4 Å². The number of aryl methyl sites for hydroxylation is 1. The van der Waals surface area contributed by atoms with Gasteiger partial charge in [0.05, 0.1) is 10.7 Å². The van der Waals surface area contributed by atoms with Crippen molar-refractivity contribution in [1.82, 2.24) is 24.8 Å². The molecule has 0 fully saturated rings. The van der Waals surface area contributed by atoms with Gasteiger partial charge in [0.2, 0.25) is 11.8 Å². The van der Waals surface area contributed by atoms with E-state index in [9.17, 15) is 9.59 Å². The van der Waals surface area contributed by atoms with Crippen molar-refractivity contribution >= 4 is 29.2 Å². The van der Waals surface area contributed by atoms with Crippen LogP contribution >= 0.6 is 11.3 Å². The van der Waals surface area contributed by atoms with Crippen molar-refractivity contribution in [2.75, 3.05) is 6.54 Å². The standard InChI is InChI=1S/C36H33N5O2S/c1-26-39-32(25-44-26)16-17-34(42)41(23-28-12-14-30(15-13-28)35-37-19-7-20-38-35)33(22-27-8-3-2-4-9-27)36(43)40-21-18-29-10-5-6-11-31(29)24-40/h2-17,19-20,25,33H,18,21-24H2,1H3/b17-16+/t33-/m0/s1. The molecule has 2 aromatic heterocycles. The molecule has 6 rings (SSSR count). The van der Waals surface area contributed by atoms with Gasteiger partial charge in [0.15, 0.2) is 5.82 Å². The van der Waals surface area contributed by atoms with E-state index in [1.165, 1.54) is 23.0 Å². The Bertz CT molecular complexity index is 1750. The molecule has 1 atom stereocenters. The summed E-state index contributed by atoms with van der Waals surface area (Å²) in [5.74, 6) is 0.345. The number of amides is 2. The third-order valence-electron chi connectivity index (χ3n) is 7.82. The molecule has 1 aliphatic rings. The third kappa shape index (κ3) is 6.98. The van der Waals surface area contributed by atoms with Gasteiger partial charge in [-0.05, 0) is 47.7 Å². The predicted octanol–water partition coefficient (Wildman–Crippen LogP) is 6.15. The molecule has 0 spiro atoms. The van der Waals surface area contributed by atoms with E-state index < -0.39 is 6.04 Å². The second kappa shape index (κ2) is 13.6. The molecule has 7 nitrogen and oxygen atoms in total. The summed E-state index contributed by atoms with van der Waals surface area (Å²) in [5, 5.41) is 2.85. The summed E-state index contributed by atoms with van der Waals surface area (Å²) in [6.45, 7) is 3.35. The highest BCUT2D eigenvalue weighted by atomic mass is 32.1.